The number of rotatable bonds is 14. The highest BCUT2D eigenvalue weighted by atomic mass is 19.4. The molecule has 298 valence electrons. The summed E-state index contributed by atoms with van der Waals surface area (Å²) in [5.74, 6) is 1.91. The standard InChI is InChI=1S/C40H38F4N6O7/c1-3-4-14-49-32(24-51)38(47-50(37(49)25-52)28-8-5-7-26(20-28)40(42,43)44)39(53)46-27-9-10-34(30(41)21-27)57-33-11-12-45-31-23-35(54-2)36(22-29(31)33)56-17-6-13-48-15-18-55-19-16-48/h5,7-12,20-23H,3-4,6,13-19H2,1-2H3,(H,46,53). The number of morpholine rings is 1. The summed E-state index contributed by atoms with van der Waals surface area (Å²) in [6.45, 7) is 6.26. The van der Waals surface area contributed by atoms with Gasteiger partial charge in [0, 0.05) is 55.6 Å². The summed E-state index contributed by atoms with van der Waals surface area (Å²) in [4.78, 5) is 45.9. The van der Waals surface area contributed by atoms with E-state index in [9.17, 15) is 27.6 Å². The fourth-order valence-electron chi connectivity index (χ4n) is 6.18. The Morgan fingerprint density at radius 3 is 2.46 bits per heavy atom. The number of aromatic nitrogens is 1. The van der Waals surface area contributed by atoms with Crippen molar-refractivity contribution < 1.29 is 50.9 Å². The summed E-state index contributed by atoms with van der Waals surface area (Å²) in [5.41, 5.74) is -1.87. The van der Waals surface area contributed by atoms with Gasteiger partial charge in [0.05, 0.1) is 43.7 Å². The monoisotopic (exact) mass is 790 g/mol. The Morgan fingerprint density at radius 1 is 0.947 bits per heavy atom. The number of hydrazone groups is 1. The molecule has 1 fully saturated rings. The van der Waals surface area contributed by atoms with Crippen LogP contribution in [0.1, 0.15) is 31.7 Å². The topological polar surface area (TPSA) is 135 Å². The first-order valence-corrected chi connectivity index (χ1v) is 18.1. The van der Waals surface area contributed by atoms with Gasteiger partial charge >= 0.3 is 6.18 Å². The predicted molar refractivity (Wildman–Crippen MR) is 202 cm³/mol. The minimum Gasteiger partial charge on any atom is -0.493 e. The molecule has 0 aliphatic carbocycles. The van der Waals surface area contributed by atoms with E-state index in [1.54, 1.807) is 30.1 Å². The molecule has 4 aromatic rings. The quantitative estimate of drug-likeness (QED) is 0.0842. The van der Waals surface area contributed by atoms with E-state index in [1.807, 2.05) is 6.92 Å². The zero-order chi connectivity index (χ0) is 40.5. The molecule has 1 amide bonds. The molecule has 3 heterocycles. The maximum Gasteiger partial charge on any atom is 0.416 e. The molecule has 1 aromatic heterocycles. The number of hydrogen-bond donors (Lipinski definition) is 1. The predicted octanol–water partition coefficient (Wildman–Crippen LogP) is 6.60. The second-order valence-electron chi connectivity index (χ2n) is 12.9. The van der Waals surface area contributed by atoms with Crippen molar-refractivity contribution in [3.63, 3.8) is 0 Å². The molecule has 17 heteroatoms. The van der Waals surface area contributed by atoms with Crippen molar-refractivity contribution in [3.05, 3.63) is 89.8 Å². The fourth-order valence-corrected chi connectivity index (χ4v) is 6.18. The number of carbonyl (C=O) groups excluding carboxylic acids is 3. The Hall–Kier alpha value is -6.25. The van der Waals surface area contributed by atoms with Gasteiger partial charge < -0.3 is 29.2 Å². The summed E-state index contributed by atoms with van der Waals surface area (Å²) in [5, 5.41) is 7.88. The maximum absolute atomic E-state index is 15.6. The SMILES string of the molecule is CCCCN1C(=C=O)C(C(=O)Nc2ccc(Oc3ccnc4cc(OC)c(OCCCN5CCOCC5)cc34)c(F)c2)=NN(c2cccc(C(F)(F)F)c2)C1=C=O. The van der Waals surface area contributed by atoms with Crippen molar-refractivity contribution in [2.45, 2.75) is 32.4 Å². The van der Waals surface area contributed by atoms with Gasteiger partial charge in [0.2, 0.25) is 5.82 Å². The van der Waals surface area contributed by atoms with Gasteiger partial charge in [-0.15, -0.1) is 0 Å². The normalized spacial score (nSPS) is 14.9. The molecule has 0 radical (unpaired) electrons. The molecule has 0 saturated carbocycles. The number of carbonyl (C=O) groups is 1. The van der Waals surface area contributed by atoms with Crippen LogP contribution in [0.3, 0.4) is 0 Å². The lowest BCUT2D eigenvalue weighted by Gasteiger charge is -2.35. The molecule has 2 aliphatic rings. The summed E-state index contributed by atoms with van der Waals surface area (Å²) in [7, 11) is 1.52. The number of pyridine rings is 1. The van der Waals surface area contributed by atoms with Gasteiger partial charge in [-0.05, 0) is 55.3 Å². The highest BCUT2D eigenvalue weighted by Gasteiger charge is 2.37. The minimum atomic E-state index is -4.73. The number of nitrogens with one attached hydrogen (secondary N) is 1. The van der Waals surface area contributed by atoms with Gasteiger partial charge in [-0.3, -0.25) is 14.7 Å². The Morgan fingerprint density at radius 2 is 1.75 bits per heavy atom. The molecule has 1 N–H and O–H groups in total. The molecule has 0 unspecified atom stereocenters. The van der Waals surface area contributed by atoms with Gasteiger partial charge in [0.15, 0.2) is 46.4 Å². The van der Waals surface area contributed by atoms with E-state index in [1.165, 1.54) is 31.5 Å². The number of alkyl halides is 3. The lowest BCUT2D eigenvalue weighted by Crippen LogP contribution is -2.45. The molecular weight excluding hydrogens is 752 g/mol. The third-order valence-corrected chi connectivity index (χ3v) is 9.08. The number of benzene rings is 3. The molecule has 0 atom stereocenters. The van der Waals surface area contributed by atoms with E-state index in [2.05, 4.69) is 20.3 Å². The number of halogens is 4. The van der Waals surface area contributed by atoms with E-state index in [0.29, 0.717) is 55.1 Å². The number of nitrogens with zero attached hydrogens (tertiary/aromatic N) is 5. The fraction of sp³-hybridized carbons (Fsp3) is 0.325. The van der Waals surface area contributed by atoms with Gasteiger partial charge in [-0.1, -0.05) is 19.4 Å². The first-order valence-electron chi connectivity index (χ1n) is 18.1. The van der Waals surface area contributed by atoms with Crippen LogP contribution in [0.2, 0.25) is 0 Å². The molecule has 0 spiro atoms. The number of hydrogen-bond acceptors (Lipinski definition) is 12. The summed E-state index contributed by atoms with van der Waals surface area (Å²) in [6.07, 6.45) is -1.45. The average Bonchev–Trinajstić information content (AvgIpc) is 3.21. The first-order chi connectivity index (χ1) is 27.5. The Balaban J connectivity index is 1.23. The number of fused-ring (bicyclic) bond motifs is 1. The third kappa shape index (κ3) is 9.42. The second kappa shape index (κ2) is 18.1. The molecule has 13 nitrogen and oxygen atoms in total. The summed E-state index contributed by atoms with van der Waals surface area (Å²) in [6, 6.07) is 12.5. The van der Waals surface area contributed by atoms with E-state index in [0.717, 1.165) is 60.2 Å². The van der Waals surface area contributed by atoms with Gasteiger partial charge in [0.25, 0.3) is 5.91 Å². The number of methoxy groups -OCH3 is 1. The Bertz CT molecular complexity index is 2250. The van der Waals surface area contributed by atoms with Crippen LogP contribution < -0.4 is 24.5 Å². The van der Waals surface area contributed by atoms with Crippen LogP contribution in [0.4, 0.5) is 28.9 Å². The Labute approximate surface area is 324 Å². The van der Waals surface area contributed by atoms with Crippen LogP contribution in [-0.2, 0) is 25.3 Å². The highest BCUT2D eigenvalue weighted by Crippen LogP contribution is 2.39. The van der Waals surface area contributed by atoms with Crippen LogP contribution in [0.15, 0.2) is 83.5 Å². The zero-order valence-corrected chi connectivity index (χ0v) is 31.0. The summed E-state index contributed by atoms with van der Waals surface area (Å²) >= 11 is 0. The van der Waals surface area contributed by atoms with E-state index in [-0.39, 0.29) is 29.4 Å². The number of anilines is 2. The first kappa shape index (κ1) is 40.4. The number of ether oxygens (including phenoxy) is 4. The van der Waals surface area contributed by atoms with Crippen molar-refractivity contribution in [2.24, 2.45) is 5.10 Å². The maximum atomic E-state index is 15.6. The molecular formula is C40H38F4N6O7. The van der Waals surface area contributed by atoms with Crippen LogP contribution in [0.5, 0.6) is 23.0 Å². The van der Waals surface area contributed by atoms with Crippen LogP contribution >= 0.6 is 0 Å². The van der Waals surface area contributed by atoms with Crippen molar-refractivity contribution in [1.82, 2.24) is 14.8 Å². The molecule has 57 heavy (non-hydrogen) atoms. The third-order valence-electron chi connectivity index (χ3n) is 9.08. The van der Waals surface area contributed by atoms with Crippen molar-refractivity contribution >= 4 is 45.8 Å². The van der Waals surface area contributed by atoms with Crippen LogP contribution in [0.25, 0.3) is 10.9 Å². The van der Waals surface area contributed by atoms with E-state index >= 15 is 4.39 Å². The van der Waals surface area contributed by atoms with Crippen LogP contribution in [-0.4, -0.2) is 91.4 Å². The van der Waals surface area contributed by atoms with Crippen molar-refractivity contribution in [3.8, 4) is 23.0 Å². The van der Waals surface area contributed by atoms with Gasteiger partial charge in [-0.25, -0.2) is 19.0 Å². The van der Waals surface area contributed by atoms with Crippen molar-refractivity contribution in [1.29, 1.82) is 0 Å². The van der Waals surface area contributed by atoms with Gasteiger partial charge in [0.1, 0.15) is 5.75 Å². The molecule has 0 bridgehead atoms. The largest absolute Gasteiger partial charge is 0.493 e. The lowest BCUT2D eigenvalue weighted by molar-refractivity contribution is -0.137. The number of amides is 1. The Kier molecular flexibility index (Phi) is 12.9. The molecule has 6 rings (SSSR count). The van der Waals surface area contributed by atoms with E-state index in [4.69, 9.17) is 18.9 Å². The highest BCUT2D eigenvalue weighted by molar-refractivity contribution is 6.50. The lowest BCUT2D eigenvalue weighted by atomic mass is 10.1. The molecule has 2 aliphatic heterocycles. The van der Waals surface area contributed by atoms with Crippen molar-refractivity contribution in [2.75, 3.05) is 63.4 Å². The molecule has 3 aromatic carbocycles. The van der Waals surface area contributed by atoms with Gasteiger partial charge in [-0.2, -0.15) is 18.3 Å². The van der Waals surface area contributed by atoms with Crippen LogP contribution in [0, 0.1) is 5.82 Å². The average molecular weight is 791 g/mol. The summed E-state index contributed by atoms with van der Waals surface area (Å²) < 4.78 is 79.4. The molecule has 1 saturated heterocycles. The smallest absolute Gasteiger partial charge is 0.416 e. The zero-order valence-electron chi connectivity index (χ0n) is 31.0. The number of unbranched alkanes of at least 4 members (excludes halogenated alkanes) is 1. The minimum absolute atomic E-state index is 0.00703. The van der Waals surface area contributed by atoms with E-state index < -0.39 is 40.7 Å². The second-order valence-corrected chi connectivity index (χ2v) is 12.9.